The number of thioether (sulfide) groups is 1. The summed E-state index contributed by atoms with van der Waals surface area (Å²) in [7, 11) is 0. The fourth-order valence-corrected chi connectivity index (χ4v) is 2.29. The first-order valence-corrected chi connectivity index (χ1v) is 5.79. The molecule has 0 aromatic heterocycles. The van der Waals surface area contributed by atoms with Crippen LogP contribution in [0.5, 0.6) is 0 Å². The SMILES string of the molecule is CCCCSc1cccc(Cl)c1N. The maximum atomic E-state index is 5.89. The highest BCUT2D eigenvalue weighted by atomic mass is 35.5. The lowest BCUT2D eigenvalue weighted by Crippen LogP contribution is -1.90. The van der Waals surface area contributed by atoms with E-state index in [9.17, 15) is 0 Å². The van der Waals surface area contributed by atoms with Crippen molar-refractivity contribution in [2.45, 2.75) is 24.7 Å². The molecule has 0 heterocycles. The molecule has 0 saturated carbocycles. The summed E-state index contributed by atoms with van der Waals surface area (Å²) >= 11 is 7.66. The molecule has 13 heavy (non-hydrogen) atoms. The van der Waals surface area contributed by atoms with Gasteiger partial charge in [-0.3, -0.25) is 0 Å². The van der Waals surface area contributed by atoms with Crippen molar-refractivity contribution in [3.05, 3.63) is 23.2 Å². The summed E-state index contributed by atoms with van der Waals surface area (Å²) in [5.74, 6) is 1.11. The van der Waals surface area contributed by atoms with Crippen molar-refractivity contribution in [3.63, 3.8) is 0 Å². The molecule has 0 aliphatic rings. The zero-order valence-electron chi connectivity index (χ0n) is 7.72. The van der Waals surface area contributed by atoms with Crippen LogP contribution in [0.1, 0.15) is 19.8 Å². The number of nitrogens with two attached hydrogens (primary N) is 1. The van der Waals surface area contributed by atoms with Crippen LogP contribution in [0.4, 0.5) is 5.69 Å². The van der Waals surface area contributed by atoms with Crippen LogP contribution in [0.2, 0.25) is 5.02 Å². The van der Waals surface area contributed by atoms with Gasteiger partial charge in [0, 0.05) is 4.90 Å². The molecule has 2 N–H and O–H groups in total. The first kappa shape index (κ1) is 10.7. The zero-order valence-corrected chi connectivity index (χ0v) is 9.29. The molecule has 1 nitrogen and oxygen atoms in total. The number of hydrogen-bond acceptors (Lipinski definition) is 2. The molecule has 1 rings (SSSR count). The summed E-state index contributed by atoms with van der Waals surface area (Å²) in [5.41, 5.74) is 6.53. The highest BCUT2D eigenvalue weighted by molar-refractivity contribution is 7.99. The second-order valence-electron chi connectivity index (χ2n) is 2.85. The van der Waals surface area contributed by atoms with Gasteiger partial charge in [0.1, 0.15) is 0 Å². The third-order valence-electron chi connectivity index (χ3n) is 1.77. The number of rotatable bonds is 4. The Labute approximate surface area is 88.7 Å². The van der Waals surface area contributed by atoms with Gasteiger partial charge in [0.2, 0.25) is 0 Å². The monoisotopic (exact) mass is 215 g/mol. The molecular weight excluding hydrogens is 202 g/mol. The summed E-state index contributed by atoms with van der Waals surface area (Å²) in [5, 5.41) is 0.654. The first-order valence-electron chi connectivity index (χ1n) is 4.42. The van der Waals surface area contributed by atoms with Gasteiger partial charge in [-0.25, -0.2) is 0 Å². The Morgan fingerprint density at radius 2 is 2.23 bits per heavy atom. The van der Waals surface area contributed by atoms with Gasteiger partial charge in [-0.15, -0.1) is 11.8 Å². The fourth-order valence-electron chi connectivity index (χ4n) is 0.970. The molecule has 3 heteroatoms. The Bertz CT molecular complexity index is 276. The third kappa shape index (κ3) is 3.12. The quantitative estimate of drug-likeness (QED) is 0.470. The maximum Gasteiger partial charge on any atom is 0.0646 e. The Morgan fingerprint density at radius 3 is 2.92 bits per heavy atom. The van der Waals surface area contributed by atoms with E-state index in [1.807, 2.05) is 18.2 Å². The predicted octanol–water partition coefficient (Wildman–Crippen LogP) is 3.81. The summed E-state index contributed by atoms with van der Waals surface area (Å²) in [6, 6.07) is 5.77. The summed E-state index contributed by atoms with van der Waals surface area (Å²) in [4.78, 5) is 1.10. The molecule has 0 saturated heterocycles. The van der Waals surface area contributed by atoms with Crippen molar-refractivity contribution in [1.82, 2.24) is 0 Å². The minimum Gasteiger partial charge on any atom is -0.397 e. The predicted molar refractivity (Wildman–Crippen MR) is 61.5 cm³/mol. The molecule has 0 atom stereocenters. The van der Waals surface area contributed by atoms with E-state index in [0.29, 0.717) is 10.7 Å². The van der Waals surface area contributed by atoms with Gasteiger partial charge in [0.15, 0.2) is 0 Å². The average Bonchev–Trinajstić information content (AvgIpc) is 2.13. The van der Waals surface area contributed by atoms with Crippen LogP contribution in [0.25, 0.3) is 0 Å². The molecule has 0 radical (unpaired) electrons. The van der Waals surface area contributed by atoms with Gasteiger partial charge in [0.05, 0.1) is 10.7 Å². The number of anilines is 1. The van der Waals surface area contributed by atoms with Crippen molar-refractivity contribution in [2.24, 2.45) is 0 Å². The topological polar surface area (TPSA) is 26.0 Å². The van der Waals surface area contributed by atoms with Gasteiger partial charge in [0.25, 0.3) is 0 Å². The van der Waals surface area contributed by atoms with E-state index in [1.165, 1.54) is 12.8 Å². The number of halogens is 1. The van der Waals surface area contributed by atoms with Crippen molar-refractivity contribution in [1.29, 1.82) is 0 Å². The van der Waals surface area contributed by atoms with E-state index in [2.05, 4.69) is 6.92 Å². The van der Waals surface area contributed by atoms with Crippen LogP contribution in [0.15, 0.2) is 23.1 Å². The second-order valence-corrected chi connectivity index (χ2v) is 4.40. The molecule has 0 fully saturated rings. The Kier molecular flexibility index (Phi) is 4.46. The van der Waals surface area contributed by atoms with Crippen molar-refractivity contribution in [3.8, 4) is 0 Å². The van der Waals surface area contributed by atoms with Crippen LogP contribution < -0.4 is 5.73 Å². The summed E-state index contributed by atoms with van der Waals surface area (Å²) < 4.78 is 0. The van der Waals surface area contributed by atoms with Gasteiger partial charge in [-0.1, -0.05) is 31.0 Å². The lowest BCUT2D eigenvalue weighted by molar-refractivity contribution is 0.896. The maximum absolute atomic E-state index is 5.89. The van der Waals surface area contributed by atoms with Crippen LogP contribution in [0, 0.1) is 0 Å². The Hall–Kier alpha value is -0.340. The van der Waals surface area contributed by atoms with Crippen molar-refractivity contribution < 1.29 is 0 Å². The average molecular weight is 216 g/mol. The summed E-state index contributed by atoms with van der Waals surface area (Å²) in [6.45, 7) is 2.18. The lowest BCUT2D eigenvalue weighted by atomic mass is 10.3. The largest absolute Gasteiger partial charge is 0.397 e. The molecule has 0 bridgehead atoms. The Balaban J connectivity index is 2.61. The van der Waals surface area contributed by atoms with E-state index >= 15 is 0 Å². The van der Waals surface area contributed by atoms with Gasteiger partial charge in [-0.2, -0.15) is 0 Å². The van der Waals surface area contributed by atoms with Gasteiger partial charge in [-0.05, 0) is 24.3 Å². The van der Waals surface area contributed by atoms with E-state index < -0.39 is 0 Å². The molecule has 0 amide bonds. The number of unbranched alkanes of at least 4 members (excludes halogenated alkanes) is 1. The van der Waals surface area contributed by atoms with E-state index in [4.69, 9.17) is 17.3 Å². The minimum absolute atomic E-state index is 0.654. The normalized spacial score (nSPS) is 10.3. The molecule has 0 aliphatic heterocycles. The van der Waals surface area contributed by atoms with Gasteiger partial charge >= 0.3 is 0 Å². The van der Waals surface area contributed by atoms with E-state index in [1.54, 1.807) is 11.8 Å². The summed E-state index contributed by atoms with van der Waals surface area (Å²) in [6.07, 6.45) is 2.43. The first-order chi connectivity index (χ1) is 6.25. The molecule has 0 unspecified atom stereocenters. The van der Waals surface area contributed by atoms with Gasteiger partial charge < -0.3 is 5.73 Å². The van der Waals surface area contributed by atoms with Crippen LogP contribution in [-0.2, 0) is 0 Å². The van der Waals surface area contributed by atoms with Crippen LogP contribution >= 0.6 is 23.4 Å². The van der Waals surface area contributed by atoms with Crippen LogP contribution in [0.3, 0.4) is 0 Å². The lowest BCUT2D eigenvalue weighted by Gasteiger charge is -2.05. The highest BCUT2D eigenvalue weighted by Gasteiger charge is 2.02. The third-order valence-corrected chi connectivity index (χ3v) is 3.26. The standard InChI is InChI=1S/C10H14ClNS/c1-2-3-7-13-9-6-4-5-8(11)10(9)12/h4-6H,2-3,7,12H2,1H3. The van der Waals surface area contributed by atoms with Crippen molar-refractivity contribution in [2.75, 3.05) is 11.5 Å². The second kappa shape index (κ2) is 5.40. The Morgan fingerprint density at radius 1 is 1.46 bits per heavy atom. The molecule has 0 aliphatic carbocycles. The number of benzene rings is 1. The molecule has 1 aromatic rings. The molecule has 1 aromatic carbocycles. The zero-order chi connectivity index (χ0) is 9.68. The molecule has 72 valence electrons. The van der Waals surface area contributed by atoms with Crippen LogP contribution in [-0.4, -0.2) is 5.75 Å². The smallest absolute Gasteiger partial charge is 0.0646 e. The molecular formula is C10H14ClNS. The van der Waals surface area contributed by atoms with E-state index in [0.717, 1.165) is 10.6 Å². The van der Waals surface area contributed by atoms with E-state index in [-0.39, 0.29) is 0 Å². The number of hydrogen-bond donors (Lipinski definition) is 1. The minimum atomic E-state index is 0.654. The van der Waals surface area contributed by atoms with Crippen molar-refractivity contribution >= 4 is 29.1 Å². The fraction of sp³-hybridized carbons (Fsp3) is 0.400. The highest BCUT2D eigenvalue weighted by Crippen LogP contribution is 2.30. The number of para-hydroxylation sites is 1. The number of nitrogen functional groups attached to an aromatic ring is 1. The molecule has 0 spiro atoms.